The van der Waals surface area contributed by atoms with Crippen LogP contribution in [0.2, 0.25) is 0 Å². The van der Waals surface area contributed by atoms with Crippen LogP contribution in [0, 0.1) is 6.92 Å². The monoisotopic (exact) mass is 216 g/mol. The minimum atomic E-state index is -0.925. The molecule has 0 saturated carbocycles. The fraction of sp³-hybridized carbons (Fsp3) is 0.500. The number of rotatable bonds is 5. The average molecular weight is 216 g/mol. The highest BCUT2D eigenvalue weighted by Gasteiger charge is 2.12. The Morgan fingerprint density at radius 1 is 1.71 bits per heavy atom. The van der Waals surface area contributed by atoms with Crippen LogP contribution in [0.3, 0.4) is 0 Å². The Balaban J connectivity index is 2.71. The third-order valence-corrected chi connectivity index (χ3v) is 2.59. The van der Waals surface area contributed by atoms with Gasteiger partial charge in [0.2, 0.25) is 0 Å². The number of aliphatic hydroxyl groups excluding tert-OH is 1. The lowest BCUT2D eigenvalue weighted by Gasteiger charge is -2.17. The topological polar surface area (TPSA) is 73.7 Å². The van der Waals surface area contributed by atoms with Crippen LogP contribution in [0.4, 0.5) is 5.13 Å². The number of aryl methyl sites for hydroxylation is 1. The molecule has 0 radical (unpaired) electrons. The van der Waals surface area contributed by atoms with E-state index >= 15 is 0 Å². The van der Waals surface area contributed by atoms with Crippen molar-refractivity contribution in [1.29, 1.82) is 0 Å². The third kappa shape index (κ3) is 2.97. The molecule has 6 heteroatoms. The molecular formula is C8H12N2O3S. The maximum atomic E-state index is 10.5. The molecule has 0 bridgehead atoms. The van der Waals surface area contributed by atoms with Gasteiger partial charge in [0.15, 0.2) is 5.13 Å². The first-order chi connectivity index (χ1) is 6.63. The van der Waals surface area contributed by atoms with Crippen molar-refractivity contribution in [2.24, 2.45) is 0 Å². The van der Waals surface area contributed by atoms with Gasteiger partial charge in [-0.1, -0.05) is 0 Å². The summed E-state index contributed by atoms with van der Waals surface area (Å²) in [5.41, 5.74) is 0.860. The van der Waals surface area contributed by atoms with Crippen molar-refractivity contribution in [3.05, 3.63) is 11.1 Å². The van der Waals surface area contributed by atoms with Gasteiger partial charge in [-0.05, 0) is 6.92 Å². The van der Waals surface area contributed by atoms with E-state index in [9.17, 15) is 4.79 Å². The van der Waals surface area contributed by atoms with Crippen molar-refractivity contribution in [2.75, 3.05) is 24.6 Å². The number of carboxylic acid groups (broad SMARTS) is 1. The molecule has 14 heavy (non-hydrogen) atoms. The first-order valence-corrected chi connectivity index (χ1v) is 5.01. The van der Waals surface area contributed by atoms with Crippen molar-refractivity contribution < 1.29 is 15.0 Å². The molecule has 1 aromatic heterocycles. The number of aliphatic carboxylic acids is 1. The molecule has 0 fully saturated rings. The Labute approximate surface area is 85.6 Å². The Hall–Kier alpha value is -1.14. The van der Waals surface area contributed by atoms with E-state index < -0.39 is 5.97 Å². The summed E-state index contributed by atoms with van der Waals surface area (Å²) in [6.07, 6.45) is 0. The van der Waals surface area contributed by atoms with E-state index in [-0.39, 0.29) is 13.2 Å². The van der Waals surface area contributed by atoms with Crippen molar-refractivity contribution in [1.82, 2.24) is 4.98 Å². The molecule has 1 heterocycles. The fourth-order valence-corrected chi connectivity index (χ4v) is 1.84. The Bertz CT molecular complexity index is 313. The maximum absolute atomic E-state index is 10.5. The quantitative estimate of drug-likeness (QED) is 0.742. The van der Waals surface area contributed by atoms with Gasteiger partial charge in [-0.25, -0.2) is 4.98 Å². The molecule has 0 saturated heterocycles. The molecule has 78 valence electrons. The van der Waals surface area contributed by atoms with Crippen LogP contribution in [0.25, 0.3) is 0 Å². The molecule has 0 aliphatic heterocycles. The van der Waals surface area contributed by atoms with Gasteiger partial charge < -0.3 is 15.1 Å². The lowest BCUT2D eigenvalue weighted by atomic mass is 10.5. The van der Waals surface area contributed by atoms with E-state index in [1.54, 1.807) is 4.90 Å². The maximum Gasteiger partial charge on any atom is 0.323 e. The molecule has 2 N–H and O–H groups in total. The summed E-state index contributed by atoms with van der Waals surface area (Å²) in [5.74, 6) is -0.925. The second kappa shape index (κ2) is 4.92. The highest BCUT2D eigenvalue weighted by molar-refractivity contribution is 7.13. The Morgan fingerprint density at radius 3 is 2.86 bits per heavy atom. The van der Waals surface area contributed by atoms with Crippen LogP contribution in [0.5, 0.6) is 0 Å². The molecule has 0 spiro atoms. The van der Waals surface area contributed by atoms with Gasteiger partial charge in [0.05, 0.1) is 12.3 Å². The summed E-state index contributed by atoms with van der Waals surface area (Å²) in [5, 5.41) is 19.9. The molecular weight excluding hydrogens is 204 g/mol. The van der Waals surface area contributed by atoms with Crippen LogP contribution in [-0.2, 0) is 4.79 Å². The fourth-order valence-electron chi connectivity index (χ4n) is 1.01. The highest BCUT2D eigenvalue weighted by atomic mass is 32.1. The Morgan fingerprint density at radius 2 is 2.43 bits per heavy atom. The van der Waals surface area contributed by atoms with E-state index in [0.29, 0.717) is 11.7 Å². The SMILES string of the molecule is Cc1csc(N(CCO)CC(=O)O)n1. The molecule has 0 aliphatic carbocycles. The van der Waals surface area contributed by atoms with Gasteiger partial charge in [0, 0.05) is 11.9 Å². The third-order valence-electron chi connectivity index (χ3n) is 1.57. The van der Waals surface area contributed by atoms with E-state index in [0.717, 1.165) is 5.69 Å². The van der Waals surface area contributed by atoms with Crippen molar-refractivity contribution >= 4 is 22.4 Å². The predicted octanol–water partition coefficient (Wildman–Crippen LogP) is 0.335. The smallest absolute Gasteiger partial charge is 0.323 e. The summed E-state index contributed by atoms with van der Waals surface area (Å²) < 4.78 is 0. The molecule has 0 atom stereocenters. The first kappa shape index (κ1) is 10.9. The molecule has 1 rings (SSSR count). The number of thiazole rings is 1. The number of aromatic nitrogens is 1. The van der Waals surface area contributed by atoms with Crippen LogP contribution in [0.15, 0.2) is 5.38 Å². The number of hydrogen-bond acceptors (Lipinski definition) is 5. The van der Waals surface area contributed by atoms with Crippen LogP contribution >= 0.6 is 11.3 Å². The average Bonchev–Trinajstić information content (AvgIpc) is 2.50. The van der Waals surface area contributed by atoms with Crippen molar-refractivity contribution in [3.63, 3.8) is 0 Å². The number of aliphatic hydroxyl groups is 1. The largest absolute Gasteiger partial charge is 0.480 e. The normalized spacial score (nSPS) is 10.1. The minimum absolute atomic E-state index is 0.0775. The van der Waals surface area contributed by atoms with Crippen molar-refractivity contribution in [2.45, 2.75) is 6.92 Å². The van der Waals surface area contributed by atoms with Gasteiger partial charge in [-0.15, -0.1) is 11.3 Å². The zero-order valence-corrected chi connectivity index (χ0v) is 8.62. The van der Waals surface area contributed by atoms with E-state index in [4.69, 9.17) is 10.2 Å². The summed E-state index contributed by atoms with van der Waals surface area (Å²) in [6.45, 7) is 1.93. The van der Waals surface area contributed by atoms with E-state index in [2.05, 4.69) is 4.98 Å². The van der Waals surface area contributed by atoms with Gasteiger partial charge >= 0.3 is 5.97 Å². The lowest BCUT2D eigenvalue weighted by Crippen LogP contribution is -2.32. The number of carbonyl (C=O) groups is 1. The van der Waals surface area contributed by atoms with Crippen LogP contribution < -0.4 is 4.90 Å². The predicted molar refractivity (Wildman–Crippen MR) is 53.8 cm³/mol. The van der Waals surface area contributed by atoms with Crippen LogP contribution in [0.1, 0.15) is 5.69 Å². The number of hydrogen-bond donors (Lipinski definition) is 2. The Kier molecular flexibility index (Phi) is 3.84. The zero-order valence-electron chi connectivity index (χ0n) is 7.80. The summed E-state index contributed by atoms with van der Waals surface area (Å²) >= 11 is 1.38. The zero-order chi connectivity index (χ0) is 10.6. The molecule has 0 aromatic carbocycles. The van der Waals surface area contributed by atoms with E-state index in [1.165, 1.54) is 11.3 Å². The molecule has 0 amide bonds. The number of carboxylic acids is 1. The minimum Gasteiger partial charge on any atom is -0.480 e. The van der Waals surface area contributed by atoms with Gasteiger partial charge in [0.25, 0.3) is 0 Å². The second-order valence-corrected chi connectivity index (χ2v) is 3.65. The van der Waals surface area contributed by atoms with Gasteiger partial charge in [0.1, 0.15) is 6.54 Å². The molecule has 0 aliphatic rings. The summed E-state index contributed by atoms with van der Waals surface area (Å²) in [4.78, 5) is 16.2. The van der Waals surface area contributed by atoms with Gasteiger partial charge in [-0.2, -0.15) is 0 Å². The van der Waals surface area contributed by atoms with Gasteiger partial charge in [-0.3, -0.25) is 4.79 Å². The number of anilines is 1. The van der Waals surface area contributed by atoms with Crippen LogP contribution in [-0.4, -0.2) is 40.9 Å². The van der Waals surface area contributed by atoms with Crippen molar-refractivity contribution in [3.8, 4) is 0 Å². The molecule has 1 aromatic rings. The highest BCUT2D eigenvalue weighted by Crippen LogP contribution is 2.19. The molecule has 0 unspecified atom stereocenters. The lowest BCUT2D eigenvalue weighted by molar-refractivity contribution is -0.135. The second-order valence-electron chi connectivity index (χ2n) is 2.81. The summed E-state index contributed by atoms with van der Waals surface area (Å²) in [6, 6.07) is 0. The first-order valence-electron chi connectivity index (χ1n) is 4.13. The van der Waals surface area contributed by atoms with E-state index in [1.807, 2.05) is 12.3 Å². The molecule has 5 nitrogen and oxygen atoms in total. The summed E-state index contributed by atoms with van der Waals surface area (Å²) in [7, 11) is 0. The standard InChI is InChI=1S/C8H12N2O3S/c1-6-5-14-8(9-6)10(2-3-11)4-7(12)13/h5,11H,2-4H2,1H3,(H,12,13). The number of nitrogens with zero attached hydrogens (tertiary/aromatic N) is 2.